The molecule has 3 aromatic rings. The van der Waals surface area contributed by atoms with Gasteiger partial charge in [-0.1, -0.05) is 6.07 Å². The molecule has 0 amide bonds. The van der Waals surface area contributed by atoms with Crippen molar-refractivity contribution in [1.29, 1.82) is 0 Å². The van der Waals surface area contributed by atoms with Gasteiger partial charge < -0.3 is 20.2 Å². The van der Waals surface area contributed by atoms with Gasteiger partial charge in [0, 0.05) is 24.2 Å². The molecule has 0 aliphatic carbocycles. The van der Waals surface area contributed by atoms with Gasteiger partial charge in [-0.2, -0.15) is 4.98 Å². The molecule has 6 heteroatoms. The van der Waals surface area contributed by atoms with Crippen LogP contribution in [0.15, 0.2) is 34.9 Å². The maximum absolute atomic E-state index is 9.71. The summed E-state index contributed by atoms with van der Waals surface area (Å²) in [4.78, 5) is 8.64. The van der Waals surface area contributed by atoms with Crippen LogP contribution in [0.3, 0.4) is 0 Å². The van der Waals surface area contributed by atoms with Gasteiger partial charge in [-0.25, -0.2) is 4.98 Å². The first-order valence-corrected chi connectivity index (χ1v) is 6.17. The molecule has 0 aliphatic heterocycles. The van der Waals surface area contributed by atoms with Crippen molar-refractivity contribution < 1.29 is 9.52 Å². The molecule has 102 valence electrons. The smallest absolute Gasteiger partial charge is 0.229 e. The van der Waals surface area contributed by atoms with Crippen molar-refractivity contribution in [2.24, 2.45) is 0 Å². The number of hydrogen-bond donors (Lipinski definition) is 3. The lowest BCUT2D eigenvalue weighted by atomic mass is 10.2. The highest BCUT2D eigenvalue weighted by molar-refractivity contribution is 5.94. The average molecular weight is 270 g/mol. The van der Waals surface area contributed by atoms with Crippen molar-refractivity contribution in [1.82, 2.24) is 9.97 Å². The monoisotopic (exact) mass is 270 g/mol. The molecule has 20 heavy (non-hydrogen) atoms. The fraction of sp³-hybridized carbons (Fsp3) is 0.143. The van der Waals surface area contributed by atoms with E-state index in [1.54, 1.807) is 19.2 Å². The SMILES string of the molecule is CNc1cc(C)nc(Nc2coc3c(O)cccc23)n1. The second-order valence-electron chi connectivity index (χ2n) is 4.40. The van der Waals surface area contributed by atoms with E-state index in [-0.39, 0.29) is 5.75 Å². The molecule has 0 aliphatic rings. The van der Waals surface area contributed by atoms with Gasteiger partial charge in [0.15, 0.2) is 11.3 Å². The van der Waals surface area contributed by atoms with Crippen LogP contribution in [0.4, 0.5) is 17.5 Å². The lowest BCUT2D eigenvalue weighted by Crippen LogP contribution is -2.01. The van der Waals surface area contributed by atoms with Crippen LogP contribution in [0.25, 0.3) is 11.0 Å². The molecule has 1 aromatic carbocycles. The number of fused-ring (bicyclic) bond motifs is 1. The number of phenolic OH excluding ortho intramolecular Hbond substituents is 1. The van der Waals surface area contributed by atoms with E-state index >= 15 is 0 Å². The molecule has 3 N–H and O–H groups in total. The molecule has 0 spiro atoms. The lowest BCUT2D eigenvalue weighted by Gasteiger charge is -2.06. The van der Waals surface area contributed by atoms with Gasteiger partial charge in [0.1, 0.15) is 12.1 Å². The fourth-order valence-electron chi connectivity index (χ4n) is 2.01. The van der Waals surface area contributed by atoms with Crippen molar-refractivity contribution >= 4 is 28.4 Å². The van der Waals surface area contributed by atoms with Crippen molar-refractivity contribution in [3.63, 3.8) is 0 Å². The molecular formula is C14H14N4O2. The average Bonchev–Trinajstić information content (AvgIpc) is 2.83. The van der Waals surface area contributed by atoms with Crippen molar-refractivity contribution in [3.05, 3.63) is 36.2 Å². The number of furan rings is 1. The number of nitrogens with one attached hydrogen (secondary N) is 2. The van der Waals surface area contributed by atoms with Crippen LogP contribution < -0.4 is 10.6 Å². The Balaban J connectivity index is 2.01. The second kappa shape index (κ2) is 4.73. The predicted octanol–water partition coefficient (Wildman–Crippen LogP) is 3.02. The number of benzene rings is 1. The van der Waals surface area contributed by atoms with E-state index in [9.17, 15) is 5.11 Å². The van der Waals surface area contributed by atoms with Gasteiger partial charge in [0.2, 0.25) is 5.95 Å². The third-order valence-corrected chi connectivity index (χ3v) is 2.94. The van der Waals surface area contributed by atoms with Crippen LogP contribution in [-0.2, 0) is 0 Å². The first-order valence-electron chi connectivity index (χ1n) is 6.17. The van der Waals surface area contributed by atoms with Crippen molar-refractivity contribution in [2.75, 3.05) is 17.7 Å². The molecule has 0 atom stereocenters. The number of rotatable bonds is 3. The van der Waals surface area contributed by atoms with Crippen molar-refractivity contribution in [3.8, 4) is 5.75 Å². The van der Waals surface area contributed by atoms with Gasteiger partial charge in [0.25, 0.3) is 0 Å². The Morgan fingerprint density at radius 1 is 1.25 bits per heavy atom. The molecule has 0 fully saturated rings. The minimum Gasteiger partial charge on any atom is -0.504 e. The topological polar surface area (TPSA) is 83.2 Å². The Morgan fingerprint density at radius 3 is 2.90 bits per heavy atom. The number of anilines is 3. The van der Waals surface area contributed by atoms with Crippen molar-refractivity contribution in [2.45, 2.75) is 6.92 Å². The summed E-state index contributed by atoms with van der Waals surface area (Å²) in [5.41, 5.74) is 2.00. The first-order chi connectivity index (χ1) is 9.67. The number of aryl methyl sites for hydroxylation is 1. The highest BCUT2D eigenvalue weighted by Gasteiger charge is 2.10. The minimum atomic E-state index is 0.108. The molecule has 0 saturated heterocycles. The number of aromatic hydroxyl groups is 1. The van der Waals surface area contributed by atoms with E-state index in [0.717, 1.165) is 16.9 Å². The highest BCUT2D eigenvalue weighted by Crippen LogP contribution is 2.33. The maximum atomic E-state index is 9.71. The Kier molecular flexibility index (Phi) is 2.90. The van der Waals surface area contributed by atoms with E-state index in [2.05, 4.69) is 20.6 Å². The Hall–Kier alpha value is -2.76. The number of nitrogens with zero attached hydrogens (tertiary/aromatic N) is 2. The Labute approximate surface area is 115 Å². The summed E-state index contributed by atoms with van der Waals surface area (Å²) in [6.45, 7) is 1.90. The quantitative estimate of drug-likeness (QED) is 0.678. The first kappa shape index (κ1) is 12.3. The highest BCUT2D eigenvalue weighted by atomic mass is 16.3. The number of hydrogen-bond acceptors (Lipinski definition) is 6. The third-order valence-electron chi connectivity index (χ3n) is 2.94. The van der Waals surface area contributed by atoms with Crippen LogP contribution in [0.1, 0.15) is 5.69 Å². The molecule has 2 heterocycles. The molecule has 3 rings (SSSR count). The van der Waals surface area contributed by atoms with Crippen LogP contribution in [0.5, 0.6) is 5.75 Å². The summed E-state index contributed by atoms with van der Waals surface area (Å²) >= 11 is 0. The standard InChI is InChI=1S/C14H14N4O2/c1-8-6-12(15-2)18-14(16-8)17-10-7-20-13-9(10)4-3-5-11(13)19/h3-7,19H,1-2H3,(H2,15,16,17,18). The fourth-order valence-corrected chi connectivity index (χ4v) is 2.01. The maximum Gasteiger partial charge on any atom is 0.229 e. The van der Waals surface area contributed by atoms with Gasteiger partial charge >= 0.3 is 0 Å². The van der Waals surface area contributed by atoms with Crippen LogP contribution in [0.2, 0.25) is 0 Å². The summed E-state index contributed by atoms with van der Waals surface area (Å²) < 4.78 is 5.36. The summed E-state index contributed by atoms with van der Waals surface area (Å²) in [5.74, 6) is 1.31. The van der Waals surface area contributed by atoms with E-state index in [1.807, 2.05) is 19.1 Å². The summed E-state index contributed by atoms with van der Waals surface area (Å²) in [5, 5.41) is 16.6. The molecule has 0 unspecified atom stereocenters. The van der Waals surface area contributed by atoms with Gasteiger partial charge in [-0.15, -0.1) is 0 Å². The van der Waals surface area contributed by atoms with E-state index in [0.29, 0.717) is 17.2 Å². The summed E-state index contributed by atoms with van der Waals surface area (Å²) in [7, 11) is 1.80. The van der Waals surface area contributed by atoms with Gasteiger partial charge in [-0.05, 0) is 19.1 Å². The van der Waals surface area contributed by atoms with Crippen LogP contribution in [0, 0.1) is 6.92 Å². The van der Waals surface area contributed by atoms with Crippen LogP contribution >= 0.6 is 0 Å². The Bertz CT molecular complexity index is 767. The number of phenols is 1. The Morgan fingerprint density at radius 2 is 2.10 bits per heavy atom. The molecule has 0 saturated carbocycles. The number of aromatic nitrogens is 2. The number of para-hydroxylation sites is 1. The minimum absolute atomic E-state index is 0.108. The summed E-state index contributed by atoms with van der Waals surface area (Å²) in [6.07, 6.45) is 1.54. The molecule has 6 nitrogen and oxygen atoms in total. The second-order valence-corrected chi connectivity index (χ2v) is 4.40. The van der Waals surface area contributed by atoms with Crippen LogP contribution in [-0.4, -0.2) is 22.1 Å². The summed E-state index contributed by atoms with van der Waals surface area (Å²) in [6, 6.07) is 7.05. The van der Waals surface area contributed by atoms with E-state index in [1.165, 1.54) is 6.26 Å². The predicted molar refractivity (Wildman–Crippen MR) is 77.5 cm³/mol. The van der Waals surface area contributed by atoms with E-state index in [4.69, 9.17) is 4.42 Å². The zero-order chi connectivity index (χ0) is 14.1. The molecule has 2 aromatic heterocycles. The lowest BCUT2D eigenvalue weighted by molar-refractivity contribution is 0.465. The zero-order valence-electron chi connectivity index (χ0n) is 11.1. The normalized spacial score (nSPS) is 10.7. The van der Waals surface area contributed by atoms with Gasteiger partial charge in [-0.3, -0.25) is 0 Å². The zero-order valence-corrected chi connectivity index (χ0v) is 11.1. The van der Waals surface area contributed by atoms with E-state index < -0.39 is 0 Å². The van der Waals surface area contributed by atoms with Gasteiger partial charge in [0.05, 0.1) is 5.69 Å². The molecular weight excluding hydrogens is 256 g/mol. The largest absolute Gasteiger partial charge is 0.504 e. The molecule has 0 radical (unpaired) electrons. The third kappa shape index (κ3) is 2.11. The molecule has 0 bridgehead atoms.